The molecule has 1 fully saturated rings. The lowest BCUT2D eigenvalue weighted by molar-refractivity contribution is -0.138. The molecule has 16 heavy (non-hydrogen) atoms. The van der Waals surface area contributed by atoms with Crippen LogP contribution in [-0.2, 0) is 9.53 Å². The molecule has 0 N–H and O–H groups in total. The van der Waals surface area contributed by atoms with Crippen molar-refractivity contribution in [2.45, 2.75) is 32.8 Å². The minimum Gasteiger partial charge on any atom is -0.377 e. The fourth-order valence-electron chi connectivity index (χ4n) is 2.78. The third-order valence-electron chi connectivity index (χ3n) is 3.76. The van der Waals surface area contributed by atoms with E-state index < -0.39 is 0 Å². The predicted molar refractivity (Wildman–Crippen MR) is 63.0 cm³/mol. The Hall–Kier alpha value is -0.830. The number of carbonyl (C=O) groups excluding carboxylic acids is 1. The molecular weight excluding hydrogens is 202 g/mol. The molecule has 0 aromatic carbocycles. The van der Waals surface area contributed by atoms with Gasteiger partial charge in [0.25, 0.3) is 0 Å². The van der Waals surface area contributed by atoms with E-state index in [1.54, 1.807) is 0 Å². The monoisotopic (exact) mass is 223 g/mol. The van der Waals surface area contributed by atoms with Crippen molar-refractivity contribution in [3.8, 4) is 0 Å². The van der Waals surface area contributed by atoms with E-state index in [2.05, 4.69) is 6.08 Å². The van der Waals surface area contributed by atoms with Crippen molar-refractivity contribution in [3.05, 3.63) is 12.2 Å². The standard InChI is InChI=1S/C13H21NO2/c1-3-14(4-2)13(15)11-7-5-6-10-8-9-16-12(10)11/h5,7,10-12H,3-4,6,8-9H2,1-2H3/t10-,11+,12+/m0/s1. The summed E-state index contributed by atoms with van der Waals surface area (Å²) in [4.78, 5) is 14.2. The molecule has 90 valence electrons. The van der Waals surface area contributed by atoms with E-state index in [4.69, 9.17) is 4.74 Å². The summed E-state index contributed by atoms with van der Waals surface area (Å²) < 4.78 is 5.73. The van der Waals surface area contributed by atoms with Gasteiger partial charge in [-0.2, -0.15) is 0 Å². The summed E-state index contributed by atoms with van der Waals surface area (Å²) in [5, 5.41) is 0. The molecule has 0 aromatic heterocycles. The Kier molecular flexibility index (Phi) is 3.64. The lowest BCUT2D eigenvalue weighted by atomic mass is 9.83. The molecule has 2 aliphatic rings. The molecular formula is C13H21NO2. The first-order chi connectivity index (χ1) is 7.77. The van der Waals surface area contributed by atoms with Crippen LogP contribution in [0.2, 0.25) is 0 Å². The molecule has 0 saturated carbocycles. The molecule has 1 heterocycles. The number of rotatable bonds is 3. The maximum Gasteiger partial charge on any atom is 0.232 e. The molecule has 0 bridgehead atoms. The van der Waals surface area contributed by atoms with E-state index in [0.717, 1.165) is 32.5 Å². The van der Waals surface area contributed by atoms with Gasteiger partial charge in [-0.25, -0.2) is 0 Å². The topological polar surface area (TPSA) is 29.5 Å². The molecule has 1 amide bonds. The van der Waals surface area contributed by atoms with Crippen LogP contribution in [0.25, 0.3) is 0 Å². The smallest absolute Gasteiger partial charge is 0.232 e. The van der Waals surface area contributed by atoms with Gasteiger partial charge in [0.1, 0.15) is 0 Å². The second-order valence-electron chi connectivity index (χ2n) is 4.58. The Labute approximate surface area is 97.5 Å². The predicted octanol–water partition coefficient (Wildman–Crippen LogP) is 1.84. The summed E-state index contributed by atoms with van der Waals surface area (Å²) in [7, 11) is 0. The first-order valence-electron chi connectivity index (χ1n) is 6.35. The lowest BCUT2D eigenvalue weighted by Crippen LogP contribution is -2.42. The van der Waals surface area contributed by atoms with Crippen LogP contribution in [0.15, 0.2) is 12.2 Å². The summed E-state index contributed by atoms with van der Waals surface area (Å²) in [6.45, 7) is 6.45. The Bertz CT molecular complexity index is 284. The van der Waals surface area contributed by atoms with Crippen LogP contribution in [0, 0.1) is 11.8 Å². The molecule has 3 heteroatoms. The zero-order chi connectivity index (χ0) is 11.5. The van der Waals surface area contributed by atoms with Gasteiger partial charge in [0.05, 0.1) is 12.0 Å². The van der Waals surface area contributed by atoms with Crippen molar-refractivity contribution < 1.29 is 9.53 Å². The van der Waals surface area contributed by atoms with Crippen LogP contribution in [0.3, 0.4) is 0 Å². The summed E-state index contributed by atoms with van der Waals surface area (Å²) in [6.07, 6.45) is 6.52. The third-order valence-corrected chi connectivity index (χ3v) is 3.76. The quantitative estimate of drug-likeness (QED) is 0.683. The van der Waals surface area contributed by atoms with E-state index in [1.165, 1.54) is 0 Å². The Morgan fingerprint density at radius 2 is 2.19 bits per heavy atom. The van der Waals surface area contributed by atoms with Gasteiger partial charge in [-0.1, -0.05) is 12.2 Å². The minimum atomic E-state index is -0.0406. The van der Waals surface area contributed by atoms with Crippen LogP contribution in [0.1, 0.15) is 26.7 Å². The summed E-state index contributed by atoms with van der Waals surface area (Å²) in [6, 6.07) is 0. The van der Waals surface area contributed by atoms with Gasteiger partial charge < -0.3 is 9.64 Å². The number of nitrogens with zero attached hydrogens (tertiary/aromatic N) is 1. The largest absolute Gasteiger partial charge is 0.377 e. The molecule has 3 atom stereocenters. The number of allylic oxidation sites excluding steroid dienone is 1. The Morgan fingerprint density at radius 3 is 2.88 bits per heavy atom. The van der Waals surface area contributed by atoms with Crippen molar-refractivity contribution >= 4 is 5.91 Å². The van der Waals surface area contributed by atoms with Crippen molar-refractivity contribution in [1.82, 2.24) is 4.90 Å². The third kappa shape index (κ3) is 2.01. The van der Waals surface area contributed by atoms with E-state index in [0.29, 0.717) is 5.92 Å². The van der Waals surface area contributed by atoms with E-state index in [-0.39, 0.29) is 17.9 Å². The van der Waals surface area contributed by atoms with Gasteiger partial charge in [-0.15, -0.1) is 0 Å². The molecule has 1 saturated heterocycles. The van der Waals surface area contributed by atoms with Gasteiger partial charge in [0, 0.05) is 19.7 Å². The van der Waals surface area contributed by atoms with Crippen LogP contribution < -0.4 is 0 Å². The summed E-state index contributed by atoms with van der Waals surface area (Å²) in [5.41, 5.74) is 0. The SMILES string of the molecule is CCN(CC)C(=O)[C@@H]1C=CC[C@H]2CCO[C@H]21. The van der Waals surface area contributed by atoms with E-state index >= 15 is 0 Å². The van der Waals surface area contributed by atoms with Crippen LogP contribution in [-0.4, -0.2) is 36.6 Å². The second kappa shape index (κ2) is 5.00. The fraction of sp³-hybridized carbons (Fsp3) is 0.769. The molecule has 0 radical (unpaired) electrons. The van der Waals surface area contributed by atoms with Crippen LogP contribution >= 0.6 is 0 Å². The summed E-state index contributed by atoms with van der Waals surface area (Å²) >= 11 is 0. The Morgan fingerprint density at radius 1 is 1.44 bits per heavy atom. The number of amides is 1. The molecule has 1 aliphatic heterocycles. The maximum absolute atomic E-state index is 12.3. The van der Waals surface area contributed by atoms with Crippen molar-refractivity contribution in [1.29, 1.82) is 0 Å². The highest BCUT2D eigenvalue weighted by Gasteiger charge is 2.39. The summed E-state index contributed by atoms with van der Waals surface area (Å²) in [5.74, 6) is 0.758. The second-order valence-corrected chi connectivity index (χ2v) is 4.58. The van der Waals surface area contributed by atoms with Gasteiger partial charge >= 0.3 is 0 Å². The first kappa shape index (κ1) is 11.6. The molecule has 0 spiro atoms. The van der Waals surface area contributed by atoms with Gasteiger partial charge in [-0.3, -0.25) is 4.79 Å². The lowest BCUT2D eigenvalue weighted by Gasteiger charge is -2.31. The molecule has 1 aliphatic carbocycles. The number of carbonyl (C=O) groups is 1. The number of fused-ring (bicyclic) bond motifs is 1. The highest BCUT2D eigenvalue weighted by molar-refractivity contribution is 5.81. The number of hydrogen-bond acceptors (Lipinski definition) is 2. The van der Waals surface area contributed by atoms with Crippen molar-refractivity contribution in [2.24, 2.45) is 11.8 Å². The Balaban J connectivity index is 2.10. The van der Waals surface area contributed by atoms with Gasteiger partial charge in [0.15, 0.2) is 0 Å². The molecule has 0 aromatic rings. The molecule has 3 nitrogen and oxygen atoms in total. The highest BCUT2D eigenvalue weighted by Crippen LogP contribution is 2.35. The number of ether oxygens (including phenoxy) is 1. The minimum absolute atomic E-state index is 0.0406. The number of hydrogen-bond donors (Lipinski definition) is 0. The van der Waals surface area contributed by atoms with Gasteiger partial charge in [-0.05, 0) is 32.6 Å². The van der Waals surface area contributed by atoms with Crippen molar-refractivity contribution in [3.63, 3.8) is 0 Å². The van der Waals surface area contributed by atoms with Crippen molar-refractivity contribution in [2.75, 3.05) is 19.7 Å². The fourth-order valence-corrected chi connectivity index (χ4v) is 2.78. The average molecular weight is 223 g/mol. The zero-order valence-electron chi connectivity index (χ0n) is 10.2. The van der Waals surface area contributed by atoms with Crippen LogP contribution in [0.5, 0.6) is 0 Å². The van der Waals surface area contributed by atoms with Gasteiger partial charge in [0.2, 0.25) is 5.91 Å². The highest BCUT2D eigenvalue weighted by atomic mass is 16.5. The average Bonchev–Trinajstić information content (AvgIpc) is 2.78. The molecule has 0 unspecified atom stereocenters. The van der Waals surface area contributed by atoms with Crippen LogP contribution in [0.4, 0.5) is 0 Å². The van der Waals surface area contributed by atoms with E-state index in [1.807, 2.05) is 24.8 Å². The normalized spacial score (nSPS) is 32.5. The first-order valence-corrected chi connectivity index (χ1v) is 6.35. The maximum atomic E-state index is 12.3. The zero-order valence-corrected chi connectivity index (χ0v) is 10.2. The molecule has 2 rings (SSSR count). The van der Waals surface area contributed by atoms with E-state index in [9.17, 15) is 4.79 Å².